The molecule has 9 nitrogen and oxygen atoms in total. The van der Waals surface area contributed by atoms with Crippen molar-refractivity contribution in [1.82, 2.24) is 10.6 Å². The third-order valence-corrected chi connectivity index (χ3v) is 4.92. The minimum atomic E-state index is -0.658. The predicted octanol–water partition coefficient (Wildman–Crippen LogP) is 1.08. The summed E-state index contributed by atoms with van der Waals surface area (Å²) in [7, 11) is 1.40. The Hall–Kier alpha value is -3.46. The largest absolute Gasteiger partial charge is 0.493 e. The lowest BCUT2D eigenvalue weighted by Gasteiger charge is -2.28. The molecule has 0 aromatic heterocycles. The Morgan fingerprint density at radius 1 is 1.26 bits per heavy atom. The van der Waals surface area contributed by atoms with Gasteiger partial charge in [0.15, 0.2) is 18.1 Å². The van der Waals surface area contributed by atoms with Crippen LogP contribution in [0.15, 0.2) is 36.4 Å². The highest BCUT2D eigenvalue weighted by Gasteiger charge is 2.18. The number of methoxy groups -OCH3 is 1. The maximum atomic E-state index is 12.6. The minimum Gasteiger partial charge on any atom is -0.493 e. The van der Waals surface area contributed by atoms with Crippen LogP contribution in [0.4, 0.5) is 5.69 Å². The number of primary amides is 1. The summed E-state index contributed by atoms with van der Waals surface area (Å²) in [5, 5.41) is 5.74. The maximum Gasteiger partial charge on any atom is 0.255 e. The third kappa shape index (κ3) is 5.79. The second-order valence-electron chi connectivity index (χ2n) is 6.87. The summed E-state index contributed by atoms with van der Waals surface area (Å²) in [4.78, 5) is 37.0. The lowest BCUT2D eigenvalue weighted by Crippen LogP contribution is -2.47. The number of anilines is 1. The molecular weight excluding hydrogens is 424 g/mol. The summed E-state index contributed by atoms with van der Waals surface area (Å²) in [6.45, 7) is 1.65. The number of carbonyl (C=O) groups is 3. The molecule has 1 saturated heterocycles. The van der Waals surface area contributed by atoms with Crippen molar-refractivity contribution in [2.24, 2.45) is 5.73 Å². The van der Waals surface area contributed by atoms with Crippen molar-refractivity contribution >= 4 is 35.0 Å². The van der Waals surface area contributed by atoms with Gasteiger partial charge in [0.1, 0.15) is 0 Å². The van der Waals surface area contributed by atoms with Crippen LogP contribution in [-0.4, -0.2) is 51.1 Å². The Kier molecular flexibility index (Phi) is 7.19. The van der Waals surface area contributed by atoms with Crippen LogP contribution < -0.4 is 30.7 Å². The van der Waals surface area contributed by atoms with E-state index in [0.29, 0.717) is 19.6 Å². The van der Waals surface area contributed by atoms with E-state index < -0.39 is 5.91 Å². The van der Waals surface area contributed by atoms with Gasteiger partial charge >= 0.3 is 0 Å². The molecule has 0 atom stereocenters. The number of ether oxygens (including phenoxy) is 2. The van der Waals surface area contributed by atoms with E-state index in [9.17, 15) is 14.4 Å². The molecule has 1 heterocycles. The highest BCUT2D eigenvalue weighted by Crippen LogP contribution is 2.36. The molecule has 164 valence electrons. The lowest BCUT2D eigenvalue weighted by molar-refractivity contribution is -0.121. The fourth-order valence-corrected chi connectivity index (χ4v) is 3.37. The van der Waals surface area contributed by atoms with E-state index in [2.05, 4.69) is 10.6 Å². The van der Waals surface area contributed by atoms with Crippen molar-refractivity contribution in [2.45, 2.75) is 6.54 Å². The highest BCUT2D eigenvalue weighted by molar-refractivity contribution is 6.32. The topological polar surface area (TPSA) is 123 Å². The summed E-state index contributed by atoms with van der Waals surface area (Å²) >= 11 is 6.19. The number of rotatable bonds is 8. The van der Waals surface area contributed by atoms with Gasteiger partial charge in [-0.3, -0.25) is 14.4 Å². The van der Waals surface area contributed by atoms with Crippen molar-refractivity contribution in [3.8, 4) is 11.5 Å². The van der Waals surface area contributed by atoms with Crippen molar-refractivity contribution in [2.75, 3.05) is 38.3 Å². The molecule has 1 aliphatic rings. The summed E-state index contributed by atoms with van der Waals surface area (Å²) in [5.74, 6) is -0.647. The number of hydrogen-bond donors (Lipinski definition) is 3. The first-order valence-corrected chi connectivity index (χ1v) is 9.92. The zero-order valence-corrected chi connectivity index (χ0v) is 17.7. The van der Waals surface area contributed by atoms with Gasteiger partial charge in [-0.05, 0) is 29.8 Å². The van der Waals surface area contributed by atoms with Crippen LogP contribution in [0.5, 0.6) is 11.5 Å². The molecule has 0 aliphatic carbocycles. The van der Waals surface area contributed by atoms with Gasteiger partial charge in [0.2, 0.25) is 5.91 Å². The lowest BCUT2D eigenvalue weighted by atomic mass is 10.1. The zero-order valence-electron chi connectivity index (χ0n) is 16.9. The first kappa shape index (κ1) is 22.2. The summed E-state index contributed by atoms with van der Waals surface area (Å²) < 4.78 is 10.5. The van der Waals surface area contributed by atoms with Crippen LogP contribution in [0.1, 0.15) is 15.9 Å². The molecule has 0 radical (unpaired) electrons. The van der Waals surface area contributed by atoms with Crippen molar-refractivity contribution in [3.63, 3.8) is 0 Å². The van der Waals surface area contributed by atoms with Gasteiger partial charge < -0.3 is 30.7 Å². The van der Waals surface area contributed by atoms with Gasteiger partial charge in [0.25, 0.3) is 11.8 Å². The van der Waals surface area contributed by atoms with Crippen LogP contribution in [0.25, 0.3) is 0 Å². The van der Waals surface area contributed by atoms with Crippen LogP contribution in [0.2, 0.25) is 5.02 Å². The molecule has 0 saturated carbocycles. The Balaban J connectivity index is 1.63. The number of benzene rings is 2. The molecule has 1 aliphatic heterocycles. The van der Waals surface area contributed by atoms with Crippen LogP contribution in [-0.2, 0) is 16.1 Å². The SMILES string of the molecule is COc1cc(C(=O)NCc2ccc(N3CCNC(=O)C3)cc2)cc(Cl)c1OCC(N)=O. The first-order chi connectivity index (χ1) is 14.9. The van der Waals surface area contributed by atoms with Gasteiger partial charge in [-0.25, -0.2) is 0 Å². The smallest absolute Gasteiger partial charge is 0.255 e. The summed E-state index contributed by atoms with van der Waals surface area (Å²) in [5.41, 5.74) is 7.21. The second-order valence-corrected chi connectivity index (χ2v) is 7.27. The average Bonchev–Trinajstić information content (AvgIpc) is 2.76. The number of carbonyl (C=O) groups excluding carboxylic acids is 3. The van der Waals surface area contributed by atoms with Gasteiger partial charge in [-0.1, -0.05) is 23.7 Å². The molecular formula is C21H23ClN4O5. The number of piperazine rings is 1. The minimum absolute atomic E-state index is 0.00252. The predicted molar refractivity (Wildman–Crippen MR) is 116 cm³/mol. The normalized spacial score (nSPS) is 13.4. The van der Waals surface area contributed by atoms with E-state index in [0.717, 1.165) is 17.8 Å². The molecule has 1 fully saturated rings. The monoisotopic (exact) mass is 446 g/mol. The number of hydrogen-bond acceptors (Lipinski definition) is 6. The number of nitrogens with one attached hydrogen (secondary N) is 2. The van der Waals surface area contributed by atoms with E-state index in [1.807, 2.05) is 29.2 Å². The van der Waals surface area contributed by atoms with Crippen LogP contribution in [0.3, 0.4) is 0 Å². The van der Waals surface area contributed by atoms with Crippen LogP contribution >= 0.6 is 11.6 Å². The van der Waals surface area contributed by atoms with Gasteiger partial charge in [0.05, 0.1) is 18.7 Å². The average molecular weight is 447 g/mol. The van der Waals surface area contributed by atoms with Crippen molar-refractivity contribution in [1.29, 1.82) is 0 Å². The Bertz CT molecular complexity index is 980. The van der Waals surface area contributed by atoms with Crippen molar-refractivity contribution < 1.29 is 23.9 Å². The molecule has 31 heavy (non-hydrogen) atoms. The third-order valence-electron chi connectivity index (χ3n) is 4.64. The molecule has 0 bridgehead atoms. The number of halogens is 1. The standard InChI is InChI=1S/C21H23ClN4O5/c1-30-17-9-14(8-16(22)20(17)31-12-18(23)27)21(29)25-10-13-2-4-15(5-3-13)26-7-6-24-19(28)11-26/h2-5,8-9H,6-7,10-12H2,1H3,(H2,23,27)(H,24,28)(H,25,29). The van der Waals surface area contributed by atoms with E-state index in [1.54, 1.807) is 0 Å². The van der Waals surface area contributed by atoms with Crippen LogP contribution in [0, 0.1) is 0 Å². The Labute approximate surface area is 184 Å². The zero-order chi connectivity index (χ0) is 22.4. The summed E-state index contributed by atoms with van der Waals surface area (Å²) in [6, 6.07) is 10.5. The molecule has 4 N–H and O–H groups in total. The summed E-state index contributed by atoms with van der Waals surface area (Å²) in [6.07, 6.45) is 0. The molecule has 3 amide bonds. The van der Waals surface area contributed by atoms with Gasteiger partial charge in [-0.15, -0.1) is 0 Å². The first-order valence-electron chi connectivity index (χ1n) is 9.55. The Morgan fingerprint density at radius 2 is 2.00 bits per heavy atom. The molecule has 2 aromatic rings. The molecule has 0 spiro atoms. The fourth-order valence-electron chi connectivity index (χ4n) is 3.10. The molecule has 10 heteroatoms. The van der Waals surface area contributed by atoms with E-state index >= 15 is 0 Å². The number of amides is 3. The fraction of sp³-hybridized carbons (Fsp3) is 0.286. The van der Waals surface area contributed by atoms with E-state index in [4.69, 9.17) is 26.8 Å². The van der Waals surface area contributed by atoms with E-state index in [1.165, 1.54) is 19.2 Å². The van der Waals surface area contributed by atoms with Crippen molar-refractivity contribution in [3.05, 3.63) is 52.5 Å². The van der Waals surface area contributed by atoms with Gasteiger partial charge in [-0.2, -0.15) is 0 Å². The molecule has 2 aromatic carbocycles. The molecule has 3 rings (SSSR count). The highest BCUT2D eigenvalue weighted by atomic mass is 35.5. The quantitative estimate of drug-likeness (QED) is 0.557. The van der Waals surface area contributed by atoms with Gasteiger partial charge in [0, 0.05) is 30.9 Å². The maximum absolute atomic E-state index is 12.6. The van der Waals surface area contributed by atoms with E-state index in [-0.39, 0.29) is 40.5 Å². The number of nitrogens with zero attached hydrogens (tertiary/aromatic N) is 1. The molecule has 0 unspecified atom stereocenters. The number of nitrogens with two attached hydrogens (primary N) is 1. The Morgan fingerprint density at radius 3 is 2.65 bits per heavy atom. The second kappa shape index (κ2) is 10.0.